The molecule has 0 amide bonds. The van der Waals surface area contributed by atoms with Gasteiger partial charge in [-0.1, -0.05) is 12.1 Å². The van der Waals surface area contributed by atoms with E-state index >= 15 is 0 Å². The first-order chi connectivity index (χ1) is 7.36. The lowest BCUT2D eigenvalue weighted by Gasteiger charge is -1.99. The normalized spacial score (nSPS) is 10.9. The largest absolute Gasteiger partial charge is 0.507 e. The number of aromatic nitrogens is 2. The first kappa shape index (κ1) is 8.49. The highest BCUT2D eigenvalue weighted by Crippen LogP contribution is 2.34. The number of phenols is 1. The predicted octanol–water partition coefficient (Wildman–Crippen LogP) is 3.00. The van der Waals surface area contributed by atoms with Gasteiger partial charge in [0.05, 0.1) is 10.2 Å². The van der Waals surface area contributed by atoms with Gasteiger partial charge in [-0.05, 0) is 23.6 Å². The summed E-state index contributed by atoms with van der Waals surface area (Å²) < 4.78 is 1.08. The molecule has 2 aromatic heterocycles. The zero-order valence-electron chi connectivity index (χ0n) is 7.77. The van der Waals surface area contributed by atoms with Crippen LogP contribution in [0.15, 0.2) is 35.7 Å². The molecule has 0 aliphatic rings. The molecule has 2 N–H and O–H groups in total. The van der Waals surface area contributed by atoms with E-state index in [9.17, 15) is 5.11 Å². The van der Waals surface area contributed by atoms with E-state index in [-0.39, 0.29) is 5.75 Å². The maximum Gasteiger partial charge on any atom is 0.125 e. The van der Waals surface area contributed by atoms with Crippen LogP contribution >= 0.6 is 11.3 Å². The number of hydrogen-bond acceptors (Lipinski definition) is 3. The number of H-pyrrole nitrogens is 1. The Morgan fingerprint density at radius 2 is 2.07 bits per heavy atom. The maximum absolute atomic E-state index is 9.73. The van der Waals surface area contributed by atoms with E-state index in [1.165, 1.54) is 0 Å². The Labute approximate surface area is 90.0 Å². The van der Waals surface area contributed by atoms with Gasteiger partial charge in [0.15, 0.2) is 0 Å². The van der Waals surface area contributed by atoms with Gasteiger partial charge in [-0.2, -0.15) is 5.10 Å². The minimum Gasteiger partial charge on any atom is -0.507 e. The highest BCUT2D eigenvalue weighted by atomic mass is 32.1. The number of para-hydroxylation sites is 1. The fourth-order valence-electron chi connectivity index (χ4n) is 1.60. The summed E-state index contributed by atoms with van der Waals surface area (Å²) in [6, 6.07) is 9.21. The van der Waals surface area contributed by atoms with E-state index in [1.807, 2.05) is 23.6 Å². The Hall–Kier alpha value is -1.81. The monoisotopic (exact) mass is 216 g/mol. The number of thiophene rings is 1. The van der Waals surface area contributed by atoms with Crippen LogP contribution in [-0.4, -0.2) is 15.3 Å². The Bertz CT molecular complexity index is 612. The molecule has 0 spiro atoms. The molecule has 3 aromatic rings. The number of aromatic hydroxyl groups is 1. The lowest BCUT2D eigenvalue weighted by atomic mass is 10.1. The number of rotatable bonds is 1. The van der Waals surface area contributed by atoms with E-state index in [0.29, 0.717) is 0 Å². The van der Waals surface area contributed by atoms with E-state index < -0.39 is 0 Å². The molecule has 3 rings (SSSR count). The molecule has 0 radical (unpaired) electrons. The molecular formula is C11H8N2OS. The lowest BCUT2D eigenvalue weighted by Crippen LogP contribution is -1.78. The van der Waals surface area contributed by atoms with Crippen molar-refractivity contribution in [2.45, 2.75) is 0 Å². The first-order valence-electron chi connectivity index (χ1n) is 4.56. The third kappa shape index (κ3) is 1.22. The van der Waals surface area contributed by atoms with Gasteiger partial charge in [-0.25, -0.2) is 0 Å². The van der Waals surface area contributed by atoms with Gasteiger partial charge in [0.1, 0.15) is 11.4 Å². The zero-order chi connectivity index (χ0) is 10.3. The molecule has 0 atom stereocenters. The molecule has 0 aliphatic heterocycles. The van der Waals surface area contributed by atoms with Crippen molar-refractivity contribution in [2.24, 2.45) is 0 Å². The summed E-state index contributed by atoms with van der Waals surface area (Å²) in [4.78, 5) is 0. The first-order valence-corrected chi connectivity index (χ1v) is 5.44. The summed E-state index contributed by atoms with van der Waals surface area (Å²) in [6.45, 7) is 0. The van der Waals surface area contributed by atoms with Crippen LogP contribution in [0.2, 0.25) is 0 Å². The van der Waals surface area contributed by atoms with E-state index in [1.54, 1.807) is 23.5 Å². The predicted molar refractivity (Wildman–Crippen MR) is 61.1 cm³/mol. The van der Waals surface area contributed by atoms with Crippen LogP contribution in [0.25, 0.3) is 21.5 Å². The van der Waals surface area contributed by atoms with Crippen LogP contribution in [0.1, 0.15) is 0 Å². The lowest BCUT2D eigenvalue weighted by molar-refractivity contribution is 0.477. The molecule has 0 aliphatic carbocycles. The van der Waals surface area contributed by atoms with Crippen LogP contribution in [0.5, 0.6) is 5.75 Å². The molecule has 0 unspecified atom stereocenters. The molecule has 0 saturated heterocycles. The topological polar surface area (TPSA) is 48.9 Å². The molecule has 3 nitrogen and oxygen atoms in total. The summed E-state index contributed by atoms with van der Waals surface area (Å²) in [6.07, 6.45) is 0. The van der Waals surface area contributed by atoms with Gasteiger partial charge in [0.25, 0.3) is 0 Å². The SMILES string of the molecule is Oc1ccccc1-c1n[nH]c2ccsc12. The highest BCUT2D eigenvalue weighted by molar-refractivity contribution is 7.17. The molecule has 2 heterocycles. The molecular weight excluding hydrogens is 208 g/mol. The molecule has 74 valence electrons. The fraction of sp³-hybridized carbons (Fsp3) is 0. The number of benzene rings is 1. The van der Waals surface area contributed by atoms with Gasteiger partial charge < -0.3 is 5.11 Å². The zero-order valence-corrected chi connectivity index (χ0v) is 8.58. The van der Waals surface area contributed by atoms with Gasteiger partial charge in [-0.3, -0.25) is 5.10 Å². The second kappa shape index (κ2) is 3.10. The van der Waals surface area contributed by atoms with Crippen molar-refractivity contribution in [2.75, 3.05) is 0 Å². The van der Waals surface area contributed by atoms with E-state index in [4.69, 9.17) is 0 Å². The van der Waals surface area contributed by atoms with Crippen molar-refractivity contribution < 1.29 is 5.11 Å². The number of aromatic amines is 1. The minimum absolute atomic E-state index is 0.263. The summed E-state index contributed by atoms with van der Waals surface area (Å²) in [5.41, 5.74) is 2.60. The van der Waals surface area contributed by atoms with E-state index in [2.05, 4.69) is 10.2 Å². The minimum atomic E-state index is 0.263. The van der Waals surface area contributed by atoms with Gasteiger partial charge >= 0.3 is 0 Å². The maximum atomic E-state index is 9.73. The summed E-state index contributed by atoms with van der Waals surface area (Å²) in [7, 11) is 0. The third-order valence-electron chi connectivity index (χ3n) is 2.33. The highest BCUT2D eigenvalue weighted by Gasteiger charge is 2.11. The smallest absolute Gasteiger partial charge is 0.125 e. The van der Waals surface area contributed by atoms with Gasteiger partial charge in [-0.15, -0.1) is 11.3 Å². The number of fused-ring (bicyclic) bond motifs is 1. The Balaban J connectivity index is 2.31. The van der Waals surface area contributed by atoms with Crippen LogP contribution in [0.3, 0.4) is 0 Å². The van der Waals surface area contributed by atoms with Crippen LogP contribution in [0, 0.1) is 0 Å². The van der Waals surface area contributed by atoms with Crippen LogP contribution in [-0.2, 0) is 0 Å². The second-order valence-electron chi connectivity index (χ2n) is 3.25. The van der Waals surface area contributed by atoms with Crippen molar-refractivity contribution >= 4 is 21.6 Å². The molecule has 1 aromatic carbocycles. The van der Waals surface area contributed by atoms with Crippen molar-refractivity contribution in [3.8, 4) is 17.0 Å². The Kier molecular flexibility index (Phi) is 1.76. The molecule has 0 saturated carbocycles. The summed E-state index contributed by atoms with van der Waals surface area (Å²) in [5.74, 6) is 0.263. The van der Waals surface area contributed by atoms with Crippen molar-refractivity contribution in [3.05, 3.63) is 35.7 Å². The Morgan fingerprint density at radius 1 is 1.20 bits per heavy atom. The number of hydrogen-bond donors (Lipinski definition) is 2. The summed E-state index contributed by atoms with van der Waals surface area (Å²) in [5, 5.41) is 18.9. The van der Waals surface area contributed by atoms with Crippen LogP contribution in [0.4, 0.5) is 0 Å². The quantitative estimate of drug-likeness (QED) is 0.657. The summed E-state index contributed by atoms with van der Waals surface area (Å²) >= 11 is 1.62. The van der Waals surface area contributed by atoms with Gasteiger partial charge in [0.2, 0.25) is 0 Å². The fourth-order valence-corrected chi connectivity index (χ4v) is 2.45. The molecule has 0 fully saturated rings. The Morgan fingerprint density at radius 3 is 2.93 bits per heavy atom. The van der Waals surface area contributed by atoms with Gasteiger partial charge in [0, 0.05) is 5.56 Å². The van der Waals surface area contributed by atoms with Crippen molar-refractivity contribution in [3.63, 3.8) is 0 Å². The van der Waals surface area contributed by atoms with Crippen molar-refractivity contribution in [1.82, 2.24) is 10.2 Å². The second-order valence-corrected chi connectivity index (χ2v) is 4.17. The molecule has 4 heteroatoms. The van der Waals surface area contributed by atoms with Crippen molar-refractivity contribution in [1.29, 1.82) is 0 Å². The number of phenolic OH excluding ortho intramolecular Hbond substituents is 1. The van der Waals surface area contributed by atoms with E-state index in [0.717, 1.165) is 21.5 Å². The van der Waals surface area contributed by atoms with Crippen LogP contribution < -0.4 is 0 Å². The molecule has 0 bridgehead atoms. The third-order valence-corrected chi connectivity index (χ3v) is 3.25. The number of nitrogens with one attached hydrogen (secondary N) is 1. The average Bonchev–Trinajstić information content (AvgIpc) is 2.80. The molecule has 15 heavy (non-hydrogen) atoms. The average molecular weight is 216 g/mol. The number of nitrogens with zero attached hydrogens (tertiary/aromatic N) is 1. The standard InChI is InChI=1S/C11H8N2OS/c14-9-4-2-1-3-7(9)10-11-8(12-13-10)5-6-15-11/h1-6,14H,(H,12,13).